The van der Waals surface area contributed by atoms with Crippen LogP contribution in [0.25, 0.3) is 0 Å². The lowest BCUT2D eigenvalue weighted by molar-refractivity contribution is -0.230. The lowest BCUT2D eigenvalue weighted by Gasteiger charge is -2.45. The number of fused-ring (bicyclic) bond motifs is 1. The topological polar surface area (TPSA) is 21.7 Å². The van der Waals surface area contributed by atoms with Gasteiger partial charge in [-0.15, -0.1) is 0 Å². The van der Waals surface area contributed by atoms with E-state index >= 15 is 0 Å². The van der Waals surface area contributed by atoms with Crippen LogP contribution in [-0.2, 0) is 12.0 Å². The molecule has 1 aromatic carbocycles. The van der Waals surface area contributed by atoms with Crippen molar-refractivity contribution in [2.24, 2.45) is 0 Å². The monoisotopic (exact) mass is 289 g/mol. The quantitative estimate of drug-likeness (QED) is 0.835. The minimum atomic E-state index is -4.36. The molecule has 112 valence electrons. The van der Waals surface area contributed by atoms with Crippen molar-refractivity contribution >= 4 is 0 Å². The second-order valence-corrected chi connectivity index (χ2v) is 5.11. The van der Waals surface area contributed by atoms with Crippen molar-refractivity contribution in [3.63, 3.8) is 0 Å². The van der Waals surface area contributed by atoms with Crippen LogP contribution < -0.4 is 9.47 Å². The minimum absolute atomic E-state index is 0.233. The summed E-state index contributed by atoms with van der Waals surface area (Å²) < 4.78 is 51.0. The molecule has 20 heavy (non-hydrogen) atoms. The summed E-state index contributed by atoms with van der Waals surface area (Å²) >= 11 is 0. The van der Waals surface area contributed by atoms with Gasteiger partial charge in [-0.25, -0.2) is 0 Å². The Morgan fingerprint density at radius 3 is 2.20 bits per heavy atom. The zero-order chi connectivity index (χ0) is 15.1. The summed E-state index contributed by atoms with van der Waals surface area (Å²) in [5.74, 6) is 0.775. The van der Waals surface area contributed by atoms with E-state index in [1.165, 1.54) is 39.2 Å². The summed E-state index contributed by atoms with van der Waals surface area (Å²) in [6, 6.07) is 3.09. The molecule has 0 spiro atoms. The number of nitrogens with zero attached hydrogens (tertiary/aromatic N) is 1. The number of hydrogen-bond acceptors (Lipinski definition) is 3. The van der Waals surface area contributed by atoms with Crippen molar-refractivity contribution in [3.8, 4) is 11.5 Å². The Bertz CT molecular complexity index is 516. The van der Waals surface area contributed by atoms with E-state index in [-0.39, 0.29) is 5.56 Å². The smallest absolute Gasteiger partial charge is 0.410 e. The van der Waals surface area contributed by atoms with Gasteiger partial charge in [-0.05, 0) is 43.7 Å². The van der Waals surface area contributed by atoms with Crippen LogP contribution in [0.3, 0.4) is 0 Å². The van der Waals surface area contributed by atoms with E-state index in [1.54, 1.807) is 6.07 Å². The molecule has 3 nitrogen and oxygen atoms in total. The Hall–Kier alpha value is -1.43. The molecule has 0 saturated carbocycles. The zero-order valence-electron chi connectivity index (χ0n) is 12.0. The molecule has 1 aromatic rings. The summed E-state index contributed by atoms with van der Waals surface area (Å²) in [7, 11) is 4.39. The molecule has 0 aliphatic carbocycles. The first-order chi connectivity index (χ1) is 9.25. The first kappa shape index (κ1) is 15.0. The average molecular weight is 289 g/mol. The van der Waals surface area contributed by atoms with Crippen LogP contribution in [0.2, 0.25) is 0 Å². The maximum Gasteiger partial charge on any atom is 0.410 e. The largest absolute Gasteiger partial charge is 0.493 e. The number of likely N-dealkylation sites (N-methyl/N-ethyl adjacent to an activating group) is 1. The second kappa shape index (κ2) is 4.84. The summed E-state index contributed by atoms with van der Waals surface area (Å²) in [5.41, 5.74) is -1.13. The fourth-order valence-corrected chi connectivity index (χ4v) is 2.67. The number of alkyl halides is 3. The van der Waals surface area contributed by atoms with Gasteiger partial charge in [-0.2, -0.15) is 13.2 Å². The van der Waals surface area contributed by atoms with Crippen molar-refractivity contribution in [1.29, 1.82) is 0 Å². The highest BCUT2D eigenvalue weighted by atomic mass is 19.4. The third-order valence-electron chi connectivity index (χ3n) is 4.17. The van der Waals surface area contributed by atoms with Crippen molar-refractivity contribution in [2.75, 3.05) is 27.8 Å². The van der Waals surface area contributed by atoms with Gasteiger partial charge >= 0.3 is 6.18 Å². The lowest BCUT2D eigenvalue weighted by Crippen LogP contribution is -2.55. The maximum atomic E-state index is 13.6. The number of rotatable bonds is 2. The Labute approximate surface area is 116 Å². The third kappa shape index (κ3) is 2.02. The van der Waals surface area contributed by atoms with Crippen LogP contribution in [0.4, 0.5) is 13.2 Å². The normalized spacial score (nSPS) is 23.4. The highest BCUT2D eigenvalue weighted by Crippen LogP contribution is 2.48. The van der Waals surface area contributed by atoms with Gasteiger partial charge in [-0.1, -0.05) is 0 Å². The summed E-state index contributed by atoms with van der Waals surface area (Å²) in [6.07, 6.45) is -3.81. The minimum Gasteiger partial charge on any atom is -0.493 e. The number of methoxy groups -OCH3 is 2. The molecule has 0 fully saturated rings. The van der Waals surface area contributed by atoms with Crippen molar-refractivity contribution in [1.82, 2.24) is 4.90 Å². The molecule has 2 rings (SSSR count). The van der Waals surface area contributed by atoms with Gasteiger partial charge in [-0.3, -0.25) is 4.90 Å². The summed E-state index contributed by atoms with van der Waals surface area (Å²) in [6.45, 7) is 1.55. The Balaban J connectivity index is 2.67. The number of halogens is 3. The van der Waals surface area contributed by atoms with E-state index in [0.717, 1.165) is 0 Å². The molecule has 0 unspecified atom stereocenters. The van der Waals surface area contributed by atoms with E-state index < -0.39 is 11.7 Å². The zero-order valence-corrected chi connectivity index (χ0v) is 12.0. The molecule has 0 radical (unpaired) electrons. The van der Waals surface area contributed by atoms with Crippen LogP contribution in [0, 0.1) is 0 Å². The predicted molar refractivity (Wildman–Crippen MR) is 69.3 cm³/mol. The Morgan fingerprint density at radius 2 is 1.70 bits per heavy atom. The van der Waals surface area contributed by atoms with Gasteiger partial charge in [0.05, 0.1) is 14.2 Å². The van der Waals surface area contributed by atoms with Gasteiger partial charge in [0, 0.05) is 6.54 Å². The molecule has 0 amide bonds. The average Bonchev–Trinajstić information content (AvgIpc) is 2.40. The van der Waals surface area contributed by atoms with E-state index in [4.69, 9.17) is 9.47 Å². The molecule has 1 heterocycles. The third-order valence-corrected chi connectivity index (χ3v) is 4.17. The van der Waals surface area contributed by atoms with Gasteiger partial charge in [0.25, 0.3) is 0 Å². The number of benzene rings is 1. The molecule has 1 atom stereocenters. The summed E-state index contributed by atoms with van der Waals surface area (Å²) in [5, 5.41) is 0. The van der Waals surface area contributed by atoms with Crippen molar-refractivity contribution < 1.29 is 22.6 Å². The Kier molecular flexibility index (Phi) is 3.62. The van der Waals surface area contributed by atoms with Crippen LogP contribution in [0.5, 0.6) is 11.5 Å². The molecule has 6 heteroatoms. The highest BCUT2D eigenvalue weighted by molar-refractivity contribution is 5.51. The number of hydrogen-bond donors (Lipinski definition) is 0. The molecule has 0 aromatic heterocycles. The molecular weight excluding hydrogens is 271 g/mol. The second-order valence-electron chi connectivity index (χ2n) is 5.11. The molecule has 0 bridgehead atoms. The van der Waals surface area contributed by atoms with Crippen LogP contribution >= 0.6 is 0 Å². The van der Waals surface area contributed by atoms with Gasteiger partial charge in [0.15, 0.2) is 11.5 Å². The summed E-state index contributed by atoms with van der Waals surface area (Å²) in [4.78, 5) is 1.33. The van der Waals surface area contributed by atoms with Gasteiger partial charge in [0.2, 0.25) is 0 Å². The van der Waals surface area contributed by atoms with Crippen LogP contribution in [0.15, 0.2) is 12.1 Å². The van der Waals surface area contributed by atoms with Gasteiger partial charge in [0.1, 0.15) is 5.54 Å². The molecule has 1 aliphatic heterocycles. The highest BCUT2D eigenvalue weighted by Gasteiger charge is 2.57. The fourth-order valence-electron chi connectivity index (χ4n) is 2.67. The predicted octanol–water partition coefficient (Wildman–Crippen LogP) is 2.97. The lowest BCUT2D eigenvalue weighted by atomic mass is 9.81. The van der Waals surface area contributed by atoms with Crippen LogP contribution in [0.1, 0.15) is 18.1 Å². The Morgan fingerprint density at radius 1 is 1.15 bits per heavy atom. The van der Waals surface area contributed by atoms with E-state index in [0.29, 0.717) is 30.0 Å². The molecule has 0 N–H and O–H groups in total. The van der Waals surface area contributed by atoms with E-state index in [1.807, 2.05) is 0 Å². The van der Waals surface area contributed by atoms with E-state index in [9.17, 15) is 13.2 Å². The van der Waals surface area contributed by atoms with Crippen molar-refractivity contribution in [3.05, 3.63) is 23.3 Å². The molecule has 1 aliphatic rings. The number of ether oxygens (including phenoxy) is 2. The van der Waals surface area contributed by atoms with Gasteiger partial charge < -0.3 is 9.47 Å². The van der Waals surface area contributed by atoms with Crippen LogP contribution in [-0.4, -0.2) is 38.9 Å². The fraction of sp³-hybridized carbons (Fsp3) is 0.571. The molecule has 0 saturated heterocycles. The first-order valence-electron chi connectivity index (χ1n) is 6.29. The van der Waals surface area contributed by atoms with Crippen molar-refractivity contribution in [2.45, 2.75) is 25.1 Å². The standard InChI is InChI=1S/C14H18F3NO2/c1-13(14(15,16)17)10-8-12(20-4)11(19-3)7-9(10)5-6-18(13)2/h7-8H,5-6H2,1-4H3/t13-/m0/s1. The maximum absolute atomic E-state index is 13.6. The first-order valence-corrected chi connectivity index (χ1v) is 6.29. The SMILES string of the molecule is COc1cc2c(cc1OC)[C@@](C)(C(F)(F)F)N(C)CC2. The van der Waals surface area contributed by atoms with E-state index in [2.05, 4.69) is 0 Å². The molecular formula is C14H18F3NO2.